The molecule has 1 unspecified atom stereocenters. The van der Waals surface area contributed by atoms with Crippen LogP contribution in [0.1, 0.15) is 103 Å². The van der Waals surface area contributed by atoms with Crippen LogP contribution in [0.2, 0.25) is 0 Å². The van der Waals surface area contributed by atoms with Gasteiger partial charge in [-0.3, -0.25) is 24.1 Å². The third-order valence-corrected chi connectivity index (χ3v) is 10.2. The van der Waals surface area contributed by atoms with E-state index in [9.17, 15) is 19.5 Å². The number of anilines is 1. The van der Waals surface area contributed by atoms with Crippen molar-refractivity contribution in [2.45, 2.75) is 122 Å². The predicted octanol–water partition coefficient (Wildman–Crippen LogP) is 4.45. The maximum Gasteiger partial charge on any atom is 0.247 e. The van der Waals surface area contributed by atoms with Crippen LogP contribution in [-0.2, 0) is 25.6 Å². The Morgan fingerprint density at radius 3 is 2.31 bits per heavy atom. The van der Waals surface area contributed by atoms with Gasteiger partial charge in [-0.1, -0.05) is 90.1 Å². The van der Waals surface area contributed by atoms with E-state index in [0.29, 0.717) is 30.0 Å². The number of benzene rings is 2. The van der Waals surface area contributed by atoms with Crippen molar-refractivity contribution < 1.29 is 29.0 Å². The molecule has 5 atom stereocenters. The van der Waals surface area contributed by atoms with Gasteiger partial charge < -0.3 is 31.9 Å². The van der Waals surface area contributed by atoms with E-state index in [1.165, 1.54) is 6.92 Å². The zero-order valence-electron chi connectivity index (χ0n) is 31.0. The molecule has 51 heavy (non-hydrogen) atoms. The SMILES string of the molecule is CC(=O)N(C(=O)[C@@H](N)Cc1ccccc1)[C@](CC(C)C)(C(=O)N[C@@H](CC1CCCCC1)[C@@H](O)CC(=O)NCC(C)C)C1COc2ccc(N)cc21. The highest BCUT2D eigenvalue weighted by atomic mass is 16.5. The lowest BCUT2D eigenvalue weighted by molar-refractivity contribution is -0.162. The summed E-state index contributed by atoms with van der Waals surface area (Å²) in [6.07, 6.45) is 4.43. The van der Waals surface area contributed by atoms with Crippen molar-refractivity contribution in [3.63, 3.8) is 0 Å². The van der Waals surface area contributed by atoms with Crippen LogP contribution in [-0.4, -0.2) is 70.5 Å². The van der Waals surface area contributed by atoms with E-state index in [-0.39, 0.29) is 49.5 Å². The molecule has 11 nitrogen and oxygen atoms in total. The van der Waals surface area contributed by atoms with Gasteiger partial charge in [0.25, 0.3) is 0 Å². The van der Waals surface area contributed by atoms with E-state index in [2.05, 4.69) is 10.6 Å². The highest BCUT2D eigenvalue weighted by molar-refractivity contribution is 6.04. The molecule has 4 amide bonds. The van der Waals surface area contributed by atoms with Crippen molar-refractivity contribution in [2.75, 3.05) is 18.9 Å². The second-order valence-corrected chi connectivity index (χ2v) is 15.5. The first-order valence-electron chi connectivity index (χ1n) is 18.6. The van der Waals surface area contributed by atoms with Crippen LogP contribution in [0, 0.1) is 17.8 Å². The Bertz CT molecular complexity index is 1490. The van der Waals surface area contributed by atoms with Crippen molar-refractivity contribution in [1.29, 1.82) is 0 Å². The molecule has 4 rings (SSSR count). The number of aliphatic hydroxyl groups is 1. The summed E-state index contributed by atoms with van der Waals surface area (Å²) in [4.78, 5) is 57.9. The molecule has 1 heterocycles. The normalized spacial score (nSPS) is 19.0. The number of hydrogen-bond acceptors (Lipinski definition) is 8. The number of rotatable bonds is 16. The number of amides is 4. The van der Waals surface area contributed by atoms with E-state index < -0.39 is 47.4 Å². The molecule has 1 aliphatic heterocycles. The van der Waals surface area contributed by atoms with Crippen LogP contribution in [0.5, 0.6) is 5.75 Å². The van der Waals surface area contributed by atoms with E-state index in [1.54, 1.807) is 18.2 Å². The fourth-order valence-corrected chi connectivity index (χ4v) is 7.86. The summed E-state index contributed by atoms with van der Waals surface area (Å²) in [7, 11) is 0. The standard InChI is InChI=1S/C40H59N5O6/c1-25(2)22-40(32-24-51-36-17-16-30(41)20-31(32)36,45(27(5)46)38(49)33(42)18-28-12-8-6-9-13-28)39(50)44-34(19-29-14-10-7-11-15-29)35(47)21-37(48)43-23-26(3)4/h6,8-9,12-13,16-17,20,25-26,29,32-35,47H,7,10-11,14-15,18-19,21-24,41-42H2,1-5H3,(H,43,48)(H,44,50)/t32?,33-,34-,35-,40-/m0/s1. The Hall–Kier alpha value is -3.96. The number of hydrogen-bond donors (Lipinski definition) is 5. The lowest BCUT2D eigenvalue weighted by atomic mass is 9.72. The molecule has 7 N–H and O–H groups in total. The number of ether oxygens (including phenoxy) is 1. The third-order valence-electron chi connectivity index (χ3n) is 10.2. The molecular formula is C40H59N5O6. The number of nitrogens with one attached hydrogen (secondary N) is 2. The molecular weight excluding hydrogens is 646 g/mol. The Kier molecular flexibility index (Phi) is 14.1. The van der Waals surface area contributed by atoms with Crippen molar-refractivity contribution in [1.82, 2.24) is 15.5 Å². The van der Waals surface area contributed by atoms with E-state index >= 15 is 4.79 Å². The minimum atomic E-state index is -1.81. The first-order chi connectivity index (χ1) is 24.2. The first kappa shape index (κ1) is 39.8. The van der Waals surface area contributed by atoms with Crippen molar-refractivity contribution >= 4 is 29.3 Å². The minimum absolute atomic E-state index is 0.0113. The molecule has 1 aliphatic carbocycles. The van der Waals surface area contributed by atoms with Crippen LogP contribution >= 0.6 is 0 Å². The molecule has 1 fully saturated rings. The molecule has 2 aromatic carbocycles. The van der Waals surface area contributed by atoms with Crippen LogP contribution in [0.3, 0.4) is 0 Å². The molecule has 2 aromatic rings. The van der Waals surface area contributed by atoms with Gasteiger partial charge >= 0.3 is 0 Å². The monoisotopic (exact) mass is 705 g/mol. The zero-order valence-corrected chi connectivity index (χ0v) is 31.0. The minimum Gasteiger partial charge on any atom is -0.493 e. The Morgan fingerprint density at radius 2 is 1.69 bits per heavy atom. The zero-order chi connectivity index (χ0) is 37.3. The highest BCUT2D eigenvalue weighted by Crippen LogP contribution is 2.47. The van der Waals surface area contributed by atoms with Gasteiger partial charge in [0, 0.05) is 24.7 Å². The summed E-state index contributed by atoms with van der Waals surface area (Å²) in [5.74, 6) is -2.22. The summed E-state index contributed by atoms with van der Waals surface area (Å²) < 4.78 is 6.12. The van der Waals surface area contributed by atoms with Crippen LogP contribution in [0.15, 0.2) is 48.5 Å². The van der Waals surface area contributed by atoms with E-state index in [0.717, 1.165) is 42.6 Å². The summed E-state index contributed by atoms with van der Waals surface area (Å²) in [5.41, 5.74) is 12.9. The lowest BCUT2D eigenvalue weighted by Gasteiger charge is -2.47. The topological polar surface area (TPSA) is 177 Å². The smallest absolute Gasteiger partial charge is 0.247 e. The average molecular weight is 706 g/mol. The molecule has 0 aromatic heterocycles. The molecule has 0 bridgehead atoms. The van der Waals surface area contributed by atoms with Crippen LogP contribution < -0.4 is 26.8 Å². The molecule has 0 saturated heterocycles. The number of carbonyl (C=O) groups is 4. The summed E-state index contributed by atoms with van der Waals surface area (Å²) in [5, 5.41) is 17.7. The van der Waals surface area contributed by atoms with Gasteiger partial charge in [0.2, 0.25) is 23.6 Å². The molecule has 11 heteroatoms. The summed E-state index contributed by atoms with van der Waals surface area (Å²) >= 11 is 0. The van der Waals surface area contributed by atoms with E-state index in [1.807, 2.05) is 58.0 Å². The fourth-order valence-electron chi connectivity index (χ4n) is 7.86. The van der Waals surface area contributed by atoms with Crippen LogP contribution in [0.4, 0.5) is 5.69 Å². The molecule has 0 spiro atoms. The van der Waals surface area contributed by atoms with Gasteiger partial charge in [-0.2, -0.15) is 0 Å². The Labute approximate surface area is 303 Å². The molecule has 0 radical (unpaired) electrons. The number of fused-ring (bicyclic) bond motifs is 1. The Balaban J connectivity index is 1.82. The maximum absolute atomic E-state index is 15.4. The van der Waals surface area contributed by atoms with E-state index in [4.69, 9.17) is 16.2 Å². The predicted molar refractivity (Wildman–Crippen MR) is 199 cm³/mol. The maximum atomic E-state index is 15.4. The molecule has 1 saturated carbocycles. The second-order valence-electron chi connectivity index (χ2n) is 15.5. The van der Waals surface area contributed by atoms with Gasteiger partial charge in [-0.25, -0.2) is 0 Å². The van der Waals surface area contributed by atoms with Gasteiger partial charge in [0.15, 0.2) is 0 Å². The van der Waals surface area contributed by atoms with Gasteiger partial charge in [-0.15, -0.1) is 0 Å². The first-order valence-corrected chi connectivity index (χ1v) is 18.6. The quantitative estimate of drug-likeness (QED) is 0.159. The summed E-state index contributed by atoms with van der Waals surface area (Å²) in [6, 6.07) is 12.5. The molecule has 2 aliphatic rings. The third kappa shape index (κ3) is 10.1. The number of aliphatic hydroxyl groups excluding tert-OH is 1. The number of imide groups is 1. The number of nitrogens with two attached hydrogens (primary N) is 2. The highest BCUT2D eigenvalue weighted by Gasteiger charge is 2.58. The van der Waals surface area contributed by atoms with Gasteiger partial charge in [-0.05, 0) is 60.8 Å². The van der Waals surface area contributed by atoms with Crippen LogP contribution in [0.25, 0.3) is 0 Å². The van der Waals surface area contributed by atoms with Crippen molar-refractivity contribution in [3.05, 3.63) is 59.7 Å². The number of carbonyl (C=O) groups excluding carboxylic acids is 4. The number of nitrogens with zero attached hydrogens (tertiary/aromatic N) is 1. The summed E-state index contributed by atoms with van der Waals surface area (Å²) in [6.45, 7) is 9.59. The van der Waals surface area contributed by atoms with Gasteiger partial charge in [0.1, 0.15) is 11.3 Å². The van der Waals surface area contributed by atoms with Crippen molar-refractivity contribution in [3.8, 4) is 5.75 Å². The van der Waals surface area contributed by atoms with Gasteiger partial charge in [0.05, 0.1) is 37.1 Å². The average Bonchev–Trinajstić information content (AvgIpc) is 3.50. The number of nitrogen functional groups attached to an aromatic ring is 1. The second kappa shape index (κ2) is 18.0. The molecule has 280 valence electrons. The lowest BCUT2D eigenvalue weighted by Crippen LogP contribution is -2.69. The fraction of sp³-hybridized carbons (Fsp3) is 0.600. The van der Waals surface area contributed by atoms with Crippen molar-refractivity contribution in [2.24, 2.45) is 23.5 Å². The largest absolute Gasteiger partial charge is 0.493 e. The Morgan fingerprint density at radius 1 is 1.00 bits per heavy atom.